The van der Waals surface area contributed by atoms with Crippen molar-refractivity contribution in [2.24, 2.45) is 17.4 Å². The second-order valence-electron chi connectivity index (χ2n) is 12.1. The Morgan fingerprint density at radius 1 is 0.511 bits per heavy atom. The molecule has 3 aromatic rings. The van der Waals surface area contributed by atoms with E-state index >= 15 is 0 Å². The molecule has 8 N–H and O–H groups in total. The fourth-order valence-electron chi connectivity index (χ4n) is 5.01. The molecule has 250 valence electrons. The average molecular weight is 643 g/mol. The van der Waals surface area contributed by atoms with Gasteiger partial charge in [-0.05, 0) is 36.0 Å². The van der Waals surface area contributed by atoms with Gasteiger partial charge in [0.1, 0.15) is 24.2 Å². The third-order valence-electron chi connectivity index (χ3n) is 7.53. The Morgan fingerprint density at radius 2 is 0.809 bits per heavy atom. The molecule has 11 nitrogen and oxygen atoms in total. The molecule has 0 saturated heterocycles. The number of rotatable bonds is 17. The third-order valence-corrected chi connectivity index (χ3v) is 7.53. The number of hydrogen-bond donors (Lipinski definition) is 6. The smallest absolute Gasteiger partial charge is 0.243 e. The Morgan fingerprint density at radius 3 is 1.09 bits per heavy atom. The second-order valence-corrected chi connectivity index (χ2v) is 12.1. The first kappa shape index (κ1) is 36.4. The Balaban J connectivity index is 1.90. The minimum atomic E-state index is -1.12. The fraction of sp³-hybridized carbons (Fsp3) is 0.361. The maximum atomic E-state index is 14.0. The number of carbonyl (C=O) groups is 5. The van der Waals surface area contributed by atoms with Crippen LogP contribution in [0, 0.1) is 5.92 Å². The van der Waals surface area contributed by atoms with Crippen molar-refractivity contribution in [3.05, 3.63) is 108 Å². The van der Waals surface area contributed by atoms with Crippen LogP contribution in [-0.4, -0.2) is 59.7 Å². The molecule has 0 unspecified atom stereocenters. The van der Waals surface area contributed by atoms with E-state index in [0.29, 0.717) is 6.42 Å². The van der Waals surface area contributed by atoms with Crippen LogP contribution in [0.15, 0.2) is 91.0 Å². The molecule has 5 atom stereocenters. The van der Waals surface area contributed by atoms with Gasteiger partial charge in [0.25, 0.3) is 0 Å². The summed E-state index contributed by atoms with van der Waals surface area (Å²) in [6.45, 7) is 5.33. The molecule has 3 rings (SSSR count). The number of nitrogens with two attached hydrogens (primary N) is 2. The molecule has 0 saturated carbocycles. The molecule has 0 aliphatic heterocycles. The van der Waals surface area contributed by atoms with Crippen molar-refractivity contribution in [1.82, 2.24) is 21.3 Å². The van der Waals surface area contributed by atoms with E-state index in [1.54, 1.807) is 0 Å². The van der Waals surface area contributed by atoms with Crippen LogP contribution in [-0.2, 0) is 43.2 Å². The van der Waals surface area contributed by atoms with Gasteiger partial charge in [0, 0.05) is 19.3 Å². The van der Waals surface area contributed by atoms with Crippen molar-refractivity contribution >= 4 is 29.5 Å². The van der Waals surface area contributed by atoms with E-state index in [-0.39, 0.29) is 25.2 Å². The van der Waals surface area contributed by atoms with Gasteiger partial charge in [-0.3, -0.25) is 24.0 Å². The number of carbonyl (C=O) groups excluding carboxylic acids is 5. The van der Waals surface area contributed by atoms with Crippen LogP contribution in [0.4, 0.5) is 0 Å². The minimum absolute atomic E-state index is 0.0759. The lowest BCUT2D eigenvalue weighted by Crippen LogP contribution is -2.59. The van der Waals surface area contributed by atoms with E-state index in [1.807, 2.05) is 105 Å². The Labute approximate surface area is 276 Å². The van der Waals surface area contributed by atoms with Crippen LogP contribution >= 0.6 is 0 Å². The van der Waals surface area contributed by atoms with Gasteiger partial charge >= 0.3 is 0 Å². The highest BCUT2D eigenvalue weighted by molar-refractivity contribution is 5.96. The molecule has 0 bridgehead atoms. The summed E-state index contributed by atoms with van der Waals surface area (Å²) in [5, 5.41) is 11.0. The maximum absolute atomic E-state index is 14.0. The SMILES string of the molecule is CC(C)C[C@@H](NC(=O)[C@@H](Cc1ccccc1)NC(=O)[C@@H](Cc1ccccc1)NC(=O)[C@@H](Cc1ccccc1)NC(=O)[C@@H](C)N)C(N)=O. The molecule has 0 radical (unpaired) electrons. The molecule has 0 spiro atoms. The number of primary amides is 1. The predicted octanol–water partition coefficient (Wildman–Crippen LogP) is 1.53. The van der Waals surface area contributed by atoms with Crippen molar-refractivity contribution in [2.45, 2.75) is 76.7 Å². The lowest BCUT2D eigenvalue weighted by atomic mass is 10.00. The van der Waals surface area contributed by atoms with E-state index < -0.39 is 59.7 Å². The Hall–Kier alpha value is -5.03. The highest BCUT2D eigenvalue weighted by Gasteiger charge is 2.32. The zero-order valence-electron chi connectivity index (χ0n) is 27.1. The molecule has 0 heterocycles. The first-order chi connectivity index (χ1) is 22.4. The van der Waals surface area contributed by atoms with Crippen molar-refractivity contribution in [1.29, 1.82) is 0 Å². The van der Waals surface area contributed by atoms with Gasteiger partial charge in [-0.15, -0.1) is 0 Å². The van der Waals surface area contributed by atoms with Crippen molar-refractivity contribution < 1.29 is 24.0 Å². The largest absolute Gasteiger partial charge is 0.368 e. The molecule has 0 fully saturated rings. The van der Waals surface area contributed by atoms with Crippen LogP contribution in [0.1, 0.15) is 43.9 Å². The molecule has 0 aliphatic carbocycles. The quantitative estimate of drug-likeness (QED) is 0.130. The van der Waals surface area contributed by atoms with Crippen LogP contribution in [0.3, 0.4) is 0 Å². The number of benzene rings is 3. The Bertz CT molecular complexity index is 1470. The molecule has 5 amide bonds. The van der Waals surface area contributed by atoms with Gasteiger partial charge in [0.2, 0.25) is 29.5 Å². The highest BCUT2D eigenvalue weighted by Crippen LogP contribution is 2.11. The second kappa shape index (κ2) is 18.2. The average Bonchev–Trinajstić information content (AvgIpc) is 3.04. The molecule has 3 aromatic carbocycles. The van der Waals surface area contributed by atoms with Crippen molar-refractivity contribution in [3.8, 4) is 0 Å². The minimum Gasteiger partial charge on any atom is -0.368 e. The summed E-state index contributed by atoms with van der Waals surface area (Å²) in [7, 11) is 0. The number of hydrogen-bond acceptors (Lipinski definition) is 6. The highest BCUT2D eigenvalue weighted by atomic mass is 16.2. The van der Waals surface area contributed by atoms with Gasteiger partial charge in [0.05, 0.1) is 6.04 Å². The van der Waals surface area contributed by atoms with E-state index in [4.69, 9.17) is 11.5 Å². The molecule has 0 aromatic heterocycles. The van der Waals surface area contributed by atoms with Crippen LogP contribution in [0.5, 0.6) is 0 Å². The summed E-state index contributed by atoms with van der Waals surface area (Å²) in [6, 6.07) is 22.4. The number of amides is 5. The topological polar surface area (TPSA) is 186 Å². The summed E-state index contributed by atoms with van der Waals surface area (Å²) < 4.78 is 0. The molecule has 0 aliphatic rings. The summed E-state index contributed by atoms with van der Waals surface area (Å²) in [5.74, 6) is -2.91. The van der Waals surface area contributed by atoms with Gasteiger partial charge in [0.15, 0.2) is 0 Å². The van der Waals surface area contributed by atoms with E-state index in [2.05, 4.69) is 21.3 Å². The summed E-state index contributed by atoms with van der Waals surface area (Å²) in [4.78, 5) is 66.1. The lowest BCUT2D eigenvalue weighted by Gasteiger charge is -2.27. The number of nitrogens with one attached hydrogen (secondary N) is 4. The zero-order valence-corrected chi connectivity index (χ0v) is 27.1. The van der Waals surface area contributed by atoms with Gasteiger partial charge in [-0.25, -0.2) is 0 Å². The monoisotopic (exact) mass is 642 g/mol. The van der Waals surface area contributed by atoms with Gasteiger partial charge in [-0.2, -0.15) is 0 Å². The Kier molecular flexibility index (Phi) is 14.1. The van der Waals surface area contributed by atoms with Crippen molar-refractivity contribution in [2.75, 3.05) is 0 Å². The summed E-state index contributed by atoms with van der Waals surface area (Å²) in [6.07, 6.45) is 0.719. The maximum Gasteiger partial charge on any atom is 0.243 e. The lowest BCUT2D eigenvalue weighted by molar-refractivity contribution is -0.134. The van der Waals surface area contributed by atoms with Crippen molar-refractivity contribution in [3.63, 3.8) is 0 Å². The van der Waals surface area contributed by atoms with Crippen LogP contribution in [0.2, 0.25) is 0 Å². The van der Waals surface area contributed by atoms with Crippen LogP contribution < -0.4 is 32.7 Å². The van der Waals surface area contributed by atoms with Crippen LogP contribution in [0.25, 0.3) is 0 Å². The molecular formula is C36H46N6O5. The van der Waals surface area contributed by atoms with E-state index in [0.717, 1.165) is 16.7 Å². The third kappa shape index (κ3) is 12.4. The normalized spacial score (nSPS) is 14.1. The first-order valence-electron chi connectivity index (χ1n) is 15.8. The van der Waals surface area contributed by atoms with Gasteiger partial charge < -0.3 is 32.7 Å². The summed E-state index contributed by atoms with van der Waals surface area (Å²) in [5.41, 5.74) is 13.7. The molecule has 11 heteroatoms. The van der Waals surface area contributed by atoms with E-state index in [1.165, 1.54) is 6.92 Å². The van der Waals surface area contributed by atoms with E-state index in [9.17, 15) is 24.0 Å². The molecule has 47 heavy (non-hydrogen) atoms. The molecular weight excluding hydrogens is 596 g/mol. The van der Waals surface area contributed by atoms with Gasteiger partial charge in [-0.1, -0.05) is 105 Å². The first-order valence-corrected chi connectivity index (χ1v) is 15.8. The predicted molar refractivity (Wildman–Crippen MR) is 180 cm³/mol. The standard InChI is InChI=1S/C36H46N6O5/c1-23(2)19-28(32(38)43)39-34(45)30(21-26-15-9-5-10-16-26)41-36(47)31(22-27-17-11-6-12-18-27)42-35(46)29(40-33(44)24(3)37)20-25-13-7-4-8-14-25/h4-18,23-24,28-31H,19-22,37H2,1-3H3,(H2,38,43)(H,39,45)(H,40,44)(H,41,47)(H,42,46)/t24-,28-,29-,30-,31-/m1/s1. The fourth-order valence-corrected chi connectivity index (χ4v) is 5.01. The summed E-state index contributed by atoms with van der Waals surface area (Å²) >= 11 is 0. The zero-order chi connectivity index (χ0) is 34.3.